The maximum Gasteiger partial charge on any atom is 0.0716 e. The van der Waals surface area contributed by atoms with E-state index in [9.17, 15) is 0 Å². The number of hydrogen-bond acceptors (Lipinski definition) is 3. The van der Waals surface area contributed by atoms with Gasteiger partial charge in [0.25, 0.3) is 0 Å². The molecule has 1 saturated heterocycles. The lowest BCUT2D eigenvalue weighted by molar-refractivity contribution is 0.184. The van der Waals surface area contributed by atoms with Gasteiger partial charge >= 0.3 is 0 Å². The molecule has 1 aliphatic heterocycles. The fourth-order valence-corrected chi connectivity index (χ4v) is 3.18. The van der Waals surface area contributed by atoms with Crippen molar-refractivity contribution in [3.05, 3.63) is 35.4 Å². The van der Waals surface area contributed by atoms with Crippen LogP contribution in [0.25, 0.3) is 0 Å². The topological polar surface area (TPSA) is 24.5 Å². The highest BCUT2D eigenvalue weighted by Crippen LogP contribution is 2.14. The Morgan fingerprint density at radius 2 is 2.00 bits per heavy atom. The third-order valence-electron chi connectivity index (χ3n) is 4.36. The smallest absolute Gasteiger partial charge is 0.0716 e. The molecule has 1 heterocycles. The summed E-state index contributed by atoms with van der Waals surface area (Å²) in [6.07, 6.45) is 5.15. The highest BCUT2D eigenvalue weighted by atomic mass is 16.5. The zero-order chi connectivity index (χ0) is 14.9. The number of hydrogen-bond donors (Lipinski definition) is 1. The summed E-state index contributed by atoms with van der Waals surface area (Å²) < 4.78 is 5.29. The second kappa shape index (κ2) is 9.19. The molecule has 3 heteroatoms. The molecule has 1 fully saturated rings. The predicted molar refractivity (Wildman–Crippen MR) is 88.4 cm³/mol. The number of nitrogens with one attached hydrogen (secondary N) is 1. The molecule has 0 amide bonds. The van der Waals surface area contributed by atoms with Gasteiger partial charge in [0.2, 0.25) is 0 Å². The molecule has 2 rings (SSSR count). The van der Waals surface area contributed by atoms with Crippen LogP contribution in [-0.4, -0.2) is 37.7 Å². The molecule has 21 heavy (non-hydrogen) atoms. The molecule has 0 radical (unpaired) electrons. The zero-order valence-electron chi connectivity index (χ0n) is 13.6. The van der Waals surface area contributed by atoms with Crippen LogP contribution in [0.3, 0.4) is 0 Å². The summed E-state index contributed by atoms with van der Waals surface area (Å²) in [6.45, 7) is 7.69. The number of methoxy groups -OCH3 is 1. The highest BCUT2D eigenvalue weighted by molar-refractivity contribution is 5.26. The van der Waals surface area contributed by atoms with Crippen molar-refractivity contribution >= 4 is 0 Å². The normalized spacial score (nSPS) is 20.4. The van der Waals surface area contributed by atoms with Crippen molar-refractivity contribution < 1.29 is 4.74 Å². The van der Waals surface area contributed by atoms with Crippen molar-refractivity contribution in [1.82, 2.24) is 10.2 Å². The number of benzene rings is 1. The summed E-state index contributed by atoms with van der Waals surface area (Å²) in [5, 5.41) is 3.76. The highest BCUT2D eigenvalue weighted by Gasteiger charge is 2.16. The molecule has 0 aliphatic carbocycles. The van der Waals surface area contributed by atoms with Crippen molar-refractivity contribution in [2.75, 3.05) is 26.7 Å². The Labute approximate surface area is 129 Å². The Hall–Kier alpha value is -0.900. The van der Waals surface area contributed by atoms with Crippen LogP contribution >= 0.6 is 0 Å². The number of rotatable bonds is 7. The lowest BCUT2D eigenvalue weighted by atomic mass is 10.1. The Morgan fingerprint density at radius 3 is 2.76 bits per heavy atom. The quantitative estimate of drug-likeness (QED) is 0.834. The molecule has 1 atom stereocenters. The number of nitrogens with zero attached hydrogens (tertiary/aromatic N) is 1. The molecule has 1 N–H and O–H groups in total. The molecule has 0 spiro atoms. The van der Waals surface area contributed by atoms with Gasteiger partial charge in [-0.2, -0.15) is 0 Å². The first-order valence-corrected chi connectivity index (χ1v) is 8.35. The number of ether oxygens (including phenoxy) is 1. The van der Waals surface area contributed by atoms with Gasteiger partial charge in [0.1, 0.15) is 0 Å². The summed E-state index contributed by atoms with van der Waals surface area (Å²) in [7, 11) is 1.76. The van der Waals surface area contributed by atoms with Crippen LogP contribution in [-0.2, 0) is 17.9 Å². The monoisotopic (exact) mass is 290 g/mol. The lowest BCUT2D eigenvalue weighted by Crippen LogP contribution is -2.31. The largest absolute Gasteiger partial charge is 0.380 e. The Bertz CT molecular complexity index is 408. The average molecular weight is 290 g/mol. The maximum atomic E-state index is 5.29. The minimum absolute atomic E-state index is 0.655. The van der Waals surface area contributed by atoms with E-state index < -0.39 is 0 Å². The van der Waals surface area contributed by atoms with E-state index >= 15 is 0 Å². The van der Waals surface area contributed by atoms with Gasteiger partial charge in [-0.3, -0.25) is 0 Å². The molecule has 1 aliphatic rings. The molecule has 118 valence electrons. The Kier molecular flexibility index (Phi) is 7.20. The van der Waals surface area contributed by atoms with Crippen molar-refractivity contribution in [3.63, 3.8) is 0 Å². The van der Waals surface area contributed by atoms with E-state index in [1.54, 1.807) is 7.11 Å². The Balaban J connectivity index is 1.83. The second-order valence-electron chi connectivity index (χ2n) is 6.05. The van der Waals surface area contributed by atoms with Crippen LogP contribution in [0.2, 0.25) is 0 Å². The van der Waals surface area contributed by atoms with E-state index in [4.69, 9.17) is 4.74 Å². The van der Waals surface area contributed by atoms with Crippen molar-refractivity contribution in [2.45, 2.75) is 51.8 Å². The van der Waals surface area contributed by atoms with Crippen LogP contribution in [0.1, 0.15) is 43.7 Å². The van der Waals surface area contributed by atoms with Crippen LogP contribution in [0, 0.1) is 0 Å². The van der Waals surface area contributed by atoms with Gasteiger partial charge in [0, 0.05) is 19.7 Å². The van der Waals surface area contributed by atoms with Gasteiger partial charge in [-0.15, -0.1) is 0 Å². The van der Waals surface area contributed by atoms with E-state index in [1.165, 1.54) is 56.4 Å². The molecule has 0 bridgehead atoms. The van der Waals surface area contributed by atoms with Gasteiger partial charge < -0.3 is 15.0 Å². The van der Waals surface area contributed by atoms with Crippen LogP contribution in [0.5, 0.6) is 0 Å². The van der Waals surface area contributed by atoms with E-state index in [0.717, 1.165) is 6.54 Å². The van der Waals surface area contributed by atoms with Gasteiger partial charge in [-0.05, 0) is 56.4 Å². The van der Waals surface area contributed by atoms with Crippen LogP contribution in [0.15, 0.2) is 24.3 Å². The zero-order valence-corrected chi connectivity index (χ0v) is 13.6. The minimum atomic E-state index is 0.655. The molecule has 3 nitrogen and oxygen atoms in total. The van der Waals surface area contributed by atoms with E-state index in [-0.39, 0.29) is 0 Å². The minimum Gasteiger partial charge on any atom is -0.380 e. The lowest BCUT2D eigenvalue weighted by Gasteiger charge is -2.20. The van der Waals surface area contributed by atoms with E-state index in [0.29, 0.717) is 12.6 Å². The molecule has 0 aromatic heterocycles. The van der Waals surface area contributed by atoms with Gasteiger partial charge in [-0.25, -0.2) is 0 Å². The standard InChI is InChI=1S/C18H30N2O/c1-3-11-20-12-6-9-18(10-13-20)19-14-16-7-4-5-8-17(16)15-21-2/h4-5,7-8,18-19H,3,6,9-15H2,1-2H3. The first-order valence-electron chi connectivity index (χ1n) is 8.35. The first-order chi connectivity index (χ1) is 10.3. The Morgan fingerprint density at radius 1 is 1.19 bits per heavy atom. The molecular weight excluding hydrogens is 260 g/mol. The third kappa shape index (κ3) is 5.42. The van der Waals surface area contributed by atoms with Gasteiger partial charge in [0.05, 0.1) is 6.61 Å². The molecule has 1 unspecified atom stereocenters. The SMILES string of the molecule is CCCN1CCCC(NCc2ccccc2COC)CC1. The van der Waals surface area contributed by atoms with Gasteiger partial charge in [0.15, 0.2) is 0 Å². The van der Waals surface area contributed by atoms with Gasteiger partial charge in [-0.1, -0.05) is 31.2 Å². The molecule has 1 aromatic rings. The van der Waals surface area contributed by atoms with Crippen LogP contribution < -0.4 is 5.32 Å². The van der Waals surface area contributed by atoms with Crippen molar-refractivity contribution in [2.24, 2.45) is 0 Å². The van der Waals surface area contributed by atoms with Crippen molar-refractivity contribution in [1.29, 1.82) is 0 Å². The van der Waals surface area contributed by atoms with Crippen LogP contribution in [0.4, 0.5) is 0 Å². The summed E-state index contributed by atoms with van der Waals surface area (Å²) in [5.41, 5.74) is 2.67. The summed E-state index contributed by atoms with van der Waals surface area (Å²) in [6, 6.07) is 9.23. The number of likely N-dealkylation sites (tertiary alicyclic amines) is 1. The molecular formula is C18H30N2O. The maximum absolute atomic E-state index is 5.29. The molecule has 1 aromatic carbocycles. The third-order valence-corrected chi connectivity index (χ3v) is 4.36. The summed E-state index contributed by atoms with van der Waals surface area (Å²) in [5.74, 6) is 0. The summed E-state index contributed by atoms with van der Waals surface area (Å²) >= 11 is 0. The predicted octanol–water partition coefficient (Wildman–Crippen LogP) is 3.19. The fraction of sp³-hybridized carbons (Fsp3) is 0.667. The van der Waals surface area contributed by atoms with E-state index in [2.05, 4.69) is 41.4 Å². The fourth-order valence-electron chi connectivity index (χ4n) is 3.18. The second-order valence-corrected chi connectivity index (χ2v) is 6.05. The van der Waals surface area contributed by atoms with E-state index in [1.807, 2.05) is 0 Å². The molecule has 0 saturated carbocycles. The van der Waals surface area contributed by atoms with Crippen molar-refractivity contribution in [3.8, 4) is 0 Å². The first kappa shape index (κ1) is 16.5. The average Bonchev–Trinajstić information content (AvgIpc) is 2.73. The summed E-state index contributed by atoms with van der Waals surface area (Å²) in [4.78, 5) is 2.61.